The Morgan fingerprint density at radius 3 is 2.39 bits per heavy atom. The summed E-state index contributed by atoms with van der Waals surface area (Å²) < 4.78 is 28.5. The van der Waals surface area contributed by atoms with Crippen molar-refractivity contribution >= 4 is 5.69 Å². The average molecular weight is 449 g/mol. The lowest BCUT2D eigenvalue weighted by atomic mass is 9.94. The van der Waals surface area contributed by atoms with E-state index in [2.05, 4.69) is 21.2 Å². The van der Waals surface area contributed by atoms with E-state index in [0.717, 1.165) is 0 Å². The van der Waals surface area contributed by atoms with Gasteiger partial charge in [0.1, 0.15) is 11.6 Å². The minimum atomic E-state index is -0.685. The second kappa shape index (κ2) is 9.21. The molecule has 2 aromatic heterocycles. The van der Waals surface area contributed by atoms with Crippen LogP contribution in [0.5, 0.6) is 0 Å². The van der Waals surface area contributed by atoms with E-state index >= 15 is 0 Å². The summed E-state index contributed by atoms with van der Waals surface area (Å²) in [4.78, 5) is 19.0. The molecule has 1 radical (unpaired) electrons. The molecule has 4 rings (SSSR count). The summed E-state index contributed by atoms with van der Waals surface area (Å²) in [6.07, 6.45) is 4.39. The first kappa shape index (κ1) is 22.2. The van der Waals surface area contributed by atoms with E-state index < -0.39 is 16.6 Å². The van der Waals surface area contributed by atoms with E-state index in [1.54, 1.807) is 31.1 Å². The molecule has 2 aromatic carbocycles. The summed E-state index contributed by atoms with van der Waals surface area (Å²) in [6.45, 7) is 0.222. The number of hydrogen-bond acceptors (Lipinski definition) is 6. The van der Waals surface area contributed by atoms with Gasteiger partial charge in [0.15, 0.2) is 5.82 Å². The lowest BCUT2D eigenvalue weighted by molar-refractivity contribution is -0.385. The molecule has 8 nitrogen and oxygen atoms in total. The number of nitro benzene ring substituents is 1. The molecule has 0 atom stereocenters. The van der Waals surface area contributed by atoms with Gasteiger partial charge in [-0.05, 0) is 56.1 Å². The van der Waals surface area contributed by atoms with Crippen LogP contribution in [0.25, 0.3) is 16.9 Å². The third-order valence-electron chi connectivity index (χ3n) is 4.94. The van der Waals surface area contributed by atoms with Crippen molar-refractivity contribution in [3.05, 3.63) is 99.5 Å². The third-order valence-corrected chi connectivity index (χ3v) is 4.94. The maximum Gasteiger partial charge on any atom is 0.282 e. The van der Waals surface area contributed by atoms with Gasteiger partial charge in [0.2, 0.25) is 0 Å². The Morgan fingerprint density at radius 1 is 1.12 bits per heavy atom. The minimum absolute atomic E-state index is 0.105. The second-order valence-corrected chi connectivity index (χ2v) is 7.63. The first-order valence-electron chi connectivity index (χ1n) is 9.96. The highest BCUT2D eigenvalue weighted by Crippen LogP contribution is 2.35. The van der Waals surface area contributed by atoms with Gasteiger partial charge >= 0.3 is 0 Å². The molecule has 0 N–H and O–H groups in total. The second-order valence-electron chi connectivity index (χ2n) is 7.63. The molecule has 0 unspecified atom stereocenters. The summed E-state index contributed by atoms with van der Waals surface area (Å²) in [5, 5.41) is 20.1. The molecular weight excluding hydrogens is 430 g/mol. The molecule has 167 valence electrons. The number of aromatic nitrogens is 4. The average Bonchev–Trinajstić information content (AvgIpc) is 3.30. The zero-order valence-corrected chi connectivity index (χ0v) is 17.9. The summed E-state index contributed by atoms with van der Waals surface area (Å²) in [6, 6.07) is 11.5. The molecule has 0 amide bonds. The van der Waals surface area contributed by atoms with Gasteiger partial charge in [-0.1, -0.05) is 6.07 Å². The lowest BCUT2D eigenvalue weighted by Crippen LogP contribution is -2.13. The molecule has 0 saturated carbocycles. The molecule has 10 heteroatoms. The Balaban J connectivity index is 1.85. The maximum atomic E-state index is 14.3. The SMILES string of the molecule is CN(C)Cc1[c]c(Cc2c(F)cccc2F)cc(-c2ccc(-n3nccn3)nc2)c1[N+](=O)[O-]. The van der Waals surface area contributed by atoms with Crippen LogP contribution in [0.2, 0.25) is 0 Å². The van der Waals surface area contributed by atoms with Gasteiger partial charge in [-0.15, -0.1) is 4.80 Å². The van der Waals surface area contributed by atoms with Crippen LogP contribution in [0.4, 0.5) is 14.5 Å². The first-order chi connectivity index (χ1) is 15.8. The topological polar surface area (TPSA) is 90.0 Å². The molecule has 0 aliphatic heterocycles. The fourth-order valence-corrected chi connectivity index (χ4v) is 3.54. The van der Waals surface area contributed by atoms with E-state index in [9.17, 15) is 18.9 Å². The lowest BCUT2D eigenvalue weighted by Gasteiger charge is -2.15. The predicted octanol–water partition coefficient (Wildman–Crippen LogP) is 3.97. The quantitative estimate of drug-likeness (QED) is 0.313. The summed E-state index contributed by atoms with van der Waals surface area (Å²) >= 11 is 0. The highest BCUT2D eigenvalue weighted by atomic mass is 19.1. The predicted molar refractivity (Wildman–Crippen MR) is 117 cm³/mol. The van der Waals surface area contributed by atoms with E-state index in [4.69, 9.17) is 0 Å². The van der Waals surface area contributed by atoms with Gasteiger partial charge in [-0.3, -0.25) is 10.1 Å². The van der Waals surface area contributed by atoms with E-state index in [0.29, 0.717) is 22.5 Å². The van der Waals surface area contributed by atoms with Gasteiger partial charge in [0, 0.05) is 30.3 Å². The van der Waals surface area contributed by atoms with Crippen LogP contribution >= 0.6 is 0 Å². The smallest absolute Gasteiger partial charge is 0.282 e. The fraction of sp³-hybridized carbons (Fsp3) is 0.174. The number of nitrogens with zero attached hydrogens (tertiary/aromatic N) is 6. The van der Waals surface area contributed by atoms with Crippen molar-refractivity contribution in [2.75, 3.05) is 14.1 Å². The fourth-order valence-electron chi connectivity index (χ4n) is 3.54. The molecule has 0 aliphatic rings. The molecule has 0 bridgehead atoms. The van der Waals surface area contributed by atoms with Crippen molar-refractivity contribution in [2.45, 2.75) is 13.0 Å². The Morgan fingerprint density at radius 2 is 1.82 bits per heavy atom. The molecule has 0 saturated heterocycles. The minimum Gasteiger partial charge on any atom is -0.305 e. The standard InChI is InChI=1S/C23H19F2N6O2/c1-29(2)14-17-10-15(12-19-20(24)4-3-5-21(19)25)11-18(23(17)31(32)33)16-6-7-22(26-13-16)30-27-8-9-28-30/h3-9,11,13H,12,14H2,1-2H3. The number of rotatable bonds is 7. The van der Waals surface area contributed by atoms with Crippen molar-refractivity contribution in [1.82, 2.24) is 24.9 Å². The number of benzene rings is 2. The van der Waals surface area contributed by atoms with Gasteiger partial charge in [-0.2, -0.15) is 10.2 Å². The molecule has 2 heterocycles. The normalized spacial score (nSPS) is 11.2. The molecule has 0 fully saturated rings. The van der Waals surface area contributed by atoms with Gasteiger partial charge in [0.05, 0.1) is 28.4 Å². The maximum absolute atomic E-state index is 14.3. The number of pyridine rings is 1. The number of halogens is 2. The molecule has 4 aromatic rings. The van der Waals surface area contributed by atoms with Crippen molar-refractivity contribution in [3.63, 3.8) is 0 Å². The van der Waals surface area contributed by atoms with Crippen LogP contribution in [-0.4, -0.2) is 43.9 Å². The summed E-state index contributed by atoms with van der Waals surface area (Å²) in [5.41, 5.74) is 1.24. The van der Waals surface area contributed by atoms with E-state index in [1.165, 1.54) is 47.7 Å². The zero-order chi connectivity index (χ0) is 23.5. The van der Waals surface area contributed by atoms with Crippen LogP contribution in [0.3, 0.4) is 0 Å². The highest BCUT2D eigenvalue weighted by molar-refractivity contribution is 5.76. The van der Waals surface area contributed by atoms with Gasteiger partial charge < -0.3 is 4.90 Å². The Hall–Kier alpha value is -4.05. The Bertz CT molecular complexity index is 1270. The van der Waals surface area contributed by atoms with Crippen molar-refractivity contribution in [2.24, 2.45) is 0 Å². The largest absolute Gasteiger partial charge is 0.305 e. The third kappa shape index (κ3) is 4.75. The van der Waals surface area contributed by atoms with Crippen LogP contribution in [-0.2, 0) is 13.0 Å². The molecule has 0 spiro atoms. The Labute approximate surface area is 188 Å². The van der Waals surface area contributed by atoms with Gasteiger partial charge in [0.25, 0.3) is 5.69 Å². The van der Waals surface area contributed by atoms with Crippen LogP contribution in [0, 0.1) is 27.8 Å². The van der Waals surface area contributed by atoms with E-state index in [-0.39, 0.29) is 29.8 Å². The highest BCUT2D eigenvalue weighted by Gasteiger charge is 2.24. The number of nitro groups is 1. The van der Waals surface area contributed by atoms with Crippen LogP contribution in [0.1, 0.15) is 16.7 Å². The molecule has 33 heavy (non-hydrogen) atoms. The van der Waals surface area contributed by atoms with Crippen molar-refractivity contribution < 1.29 is 13.7 Å². The Kier molecular flexibility index (Phi) is 6.18. The monoisotopic (exact) mass is 449 g/mol. The molecular formula is C23H19F2N6O2. The van der Waals surface area contributed by atoms with E-state index in [1.807, 2.05) is 0 Å². The van der Waals surface area contributed by atoms with Crippen LogP contribution < -0.4 is 0 Å². The van der Waals surface area contributed by atoms with Crippen molar-refractivity contribution in [1.29, 1.82) is 0 Å². The van der Waals surface area contributed by atoms with Crippen LogP contribution in [0.15, 0.2) is 55.0 Å². The summed E-state index contributed by atoms with van der Waals surface area (Å²) in [5.74, 6) is -0.929. The molecule has 0 aliphatic carbocycles. The van der Waals surface area contributed by atoms with Gasteiger partial charge in [-0.25, -0.2) is 13.8 Å². The first-order valence-corrected chi connectivity index (χ1v) is 9.96. The zero-order valence-electron chi connectivity index (χ0n) is 17.9. The number of hydrogen-bond donors (Lipinski definition) is 0. The van der Waals surface area contributed by atoms with Crippen molar-refractivity contribution in [3.8, 4) is 16.9 Å². The summed E-state index contributed by atoms with van der Waals surface area (Å²) in [7, 11) is 3.54.